The zero-order valence-electron chi connectivity index (χ0n) is 6.85. The summed E-state index contributed by atoms with van der Waals surface area (Å²) in [7, 11) is 0. The van der Waals surface area contributed by atoms with Crippen LogP contribution < -0.4 is 0 Å². The molecule has 1 nitrogen and oxygen atoms in total. The lowest BCUT2D eigenvalue weighted by atomic mass is 10.1. The Kier molecular flexibility index (Phi) is 2.14. The highest BCUT2D eigenvalue weighted by atomic mass is 16.3. The van der Waals surface area contributed by atoms with Crippen molar-refractivity contribution in [1.82, 2.24) is 0 Å². The summed E-state index contributed by atoms with van der Waals surface area (Å²) >= 11 is 0. The van der Waals surface area contributed by atoms with Gasteiger partial charge in [0.05, 0.1) is 0 Å². The molecule has 0 spiro atoms. The van der Waals surface area contributed by atoms with Crippen molar-refractivity contribution in [3.63, 3.8) is 0 Å². The molecular formula is C9H16O. The van der Waals surface area contributed by atoms with Crippen molar-refractivity contribution in [2.24, 2.45) is 0 Å². The Morgan fingerprint density at radius 1 is 1.40 bits per heavy atom. The van der Waals surface area contributed by atoms with E-state index in [0.29, 0.717) is 0 Å². The van der Waals surface area contributed by atoms with Crippen LogP contribution >= 0.6 is 0 Å². The Hall–Kier alpha value is -0.300. The molecule has 0 saturated heterocycles. The van der Waals surface area contributed by atoms with Crippen molar-refractivity contribution >= 4 is 0 Å². The van der Waals surface area contributed by atoms with Gasteiger partial charge in [0.25, 0.3) is 0 Å². The van der Waals surface area contributed by atoms with E-state index in [4.69, 9.17) is 0 Å². The monoisotopic (exact) mass is 140 g/mol. The molecule has 0 radical (unpaired) electrons. The summed E-state index contributed by atoms with van der Waals surface area (Å²) in [6, 6.07) is 0. The van der Waals surface area contributed by atoms with Gasteiger partial charge in [-0.2, -0.15) is 0 Å². The molecule has 1 aliphatic rings. The summed E-state index contributed by atoms with van der Waals surface area (Å²) in [5.74, 6) is 0. The van der Waals surface area contributed by atoms with Crippen molar-refractivity contribution < 1.29 is 5.11 Å². The second kappa shape index (κ2) is 2.75. The van der Waals surface area contributed by atoms with Gasteiger partial charge in [-0.15, -0.1) is 0 Å². The van der Waals surface area contributed by atoms with Crippen LogP contribution in [0.25, 0.3) is 0 Å². The highest BCUT2D eigenvalue weighted by Crippen LogP contribution is 2.41. The molecule has 0 fully saturated rings. The lowest BCUT2D eigenvalue weighted by Crippen LogP contribution is -2.11. The fraction of sp³-hybridized carbons (Fsp3) is 0.778. The highest BCUT2D eigenvalue weighted by Gasteiger charge is 2.39. The molecule has 0 aliphatic heterocycles. The van der Waals surface area contributed by atoms with Gasteiger partial charge < -0.3 is 5.11 Å². The second-order valence-corrected chi connectivity index (χ2v) is 3.09. The molecule has 1 N–H and O–H groups in total. The van der Waals surface area contributed by atoms with Crippen molar-refractivity contribution in [3.8, 4) is 0 Å². The lowest BCUT2D eigenvalue weighted by Gasteiger charge is -2.08. The molecule has 10 heavy (non-hydrogen) atoms. The molecule has 1 rings (SSSR count). The van der Waals surface area contributed by atoms with Gasteiger partial charge in [0.15, 0.2) is 0 Å². The average Bonchev–Trinajstić information content (AvgIpc) is 2.44. The third-order valence-corrected chi connectivity index (χ3v) is 2.04. The first-order valence-corrected chi connectivity index (χ1v) is 4.17. The Morgan fingerprint density at radius 2 is 2.10 bits per heavy atom. The van der Waals surface area contributed by atoms with Gasteiger partial charge in [-0.05, 0) is 24.5 Å². The van der Waals surface area contributed by atoms with E-state index in [1.165, 1.54) is 5.57 Å². The molecule has 0 aromatic rings. The van der Waals surface area contributed by atoms with Crippen LogP contribution in [-0.4, -0.2) is 10.7 Å². The predicted octanol–water partition coefficient (Wildman–Crippen LogP) is 2.26. The predicted molar refractivity (Wildman–Crippen MR) is 42.8 cm³/mol. The van der Waals surface area contributed by atoms with E-state index in [0.717, 1.165) is 25.7 Å². The van der Waals surface area contributed by atoms with Crippen LogP contribution in [-0.2, 0) is 0 Å². The summed E-state index contributed by atoms with van der Waals surface area (Å²) in [5.41, 5.74) is 0.821. The molecule has 0 saturated carbocycles. The average molecular weight is 140 g/mol. The lowest BCUT2D eigenvalue weighted by molar-refractivity contribution is 0.156. The first-order valence-electron chi connectivity index (χ1n) is 4.17. The van der Waals surface area contributed by atoms with E-state index in [1.54, 1.807) is 0 Å². The summed E-state index contributed by atoms with van der Waals surface area (Å²) in [6.07, 6.45) is 6.22. The quantitative estimate of drug-likeness (QED) is 0.594. The van der Waals surface area contributed by atoms with Crippen LogP contribution in [0.1, 0.15) is 39.5 Å². The van der Waals surface area contributed by atoms with Crippen LogP contribution in [0.4, 0.5) is 0 Å². The molecule has 1 atom stereocenters. The van der Waals surface area contributed by atoms with E-state index >= 15 is 0 Å². The van der Waals surface area contributed by atoms with Crippen LogP contribution in [0, 0.1) is 0 Å². The van der Waals surface area contributed by atoms with Gasteiger partial charge in [-0.3, -0.25) is 0 Å². The summed E-state index contributed by atoms with van der Waals surface area (Å²) in [5, 5.41) is 9.63. The molecule has 0 bridgehead atoms. The highest BCUT2D eigenvalue weighted by molar-refractivity contribution is 5.41. The van der Waals surface area contributed by atoms with E-state index in [2.05, 4.69) is 13.8 Å². The number of hydrogen-bond acceptors (Lipinski definition) is 1. The number of rotatable bonds is 4. The molecule has 0 heterocycles. The van der Waals surface area contributed by atoms with Gasteiger partial charge in [0, 0.05) is 0 Å². The van der Waals surface area contributed by atoms with E-state index < -0.39 is 5.60 Å². The zero-order chi connectivity index (χ0) is 7.61. The van der Waals surface area contributed by atoms with E-state index in [9.17, 15) is 5.11 Å². The third kappa shape index (κ3) is 1.40. The van der Waals surface area contributed by atoms with Crippen molar-refractivity contribution in [2.45, 2.75) is 45.1 Å². The molecule has 1 aliphatic carbocycles. The standard InChI is InChI=1S/C9H16O/c1-3-5-8-7-9(8,10)6-4-2/h7,10H,3-6H2,1-2H3. The molecule has 0 aromatic heterocycles. The Bertz CT molecular complexity index is 149. The molecule has 0 amide bonds. The Labute approximate surface area is 62.8 Å². The molecule has 58 valence electrons. The van der Waals surface area contributed by atoms with Gasteiger partial charge >= 0.3 is 0 Å². The van der Waals surface area contributed by atoms with Gasteiger partial charge in [-0.25, -0.2) is 0 Å². The van der Waals surface area contributed by atoms with Crippen molar-refractivity contribution in [2.75, 3.05) is 0 Å². The van der Waals surface area contributed by atoms with Crippen LogP contribution in [0.2, 0.25) is 0 Å². The SMILES string of the molecule is CCCC1=CC1(O)CCC. The van der Waals surface area contributed by atoms with Crippen molar-refractivity contribution in [3.05, 3.63) is 11.6 Å². The minimum Gasteiger partial charge on any atom is -0.381 e. The normalized spacial score (nSPS) is 30.1. The van der Waals surface area contributed by atoms with E-state index in [1.807, 2.05) is 6.08 Å². The minimum atomic E-state index is -0.440. The second-order valence-electron chi connectivity index (χ2n) is 3.09. The van der Waals surface area contributed by atoms with E-state index in [-0.39, 0.29) is 0 Å². The van der Waals surface area contributed by atoms with Crippen LogP contribution in [0.15, 0.2) is 11.6 Å². The minimum absolute atomic E-state index is 0.440. The molecule has 0 aromatic carbocycles. The Balaban J connectivity index is 2.24. The van der Waals surface area contributed by atoms with Gasteiger partial charge in [0.1, 0.15) is 5.60 Å². The van der Waals surface area contributed by atoms with Crippen molar-refractivity contribution in [1.29, 1.82) is 0 Å². The first kappa shape index (κ1) is 7.80. The summed E-state index contributed by atoms with van der Waals surface area (Å²) in [6.45, 7) is 4.25. The van der Waals surface area contributed by atoms with Gasteiger partial charge in [-0.1, -0.05) is 26.7 Å². The molecule has 1 unspecified atom stereocenters. The summed E-state index contributed by atoms with van der Waals surface area (Å²) < 4.78 is 0. The molecular weight excluding hydrogens is 124 g/mol. The maximum Gasteiger partial charge on any atom is 0.104 e. The smallest absolute Gasteiger partial charge is 0.104 e. The topological polar surface area (TPSA) is 20.2 Å². The largest absolute Gasteiger partial charge is 0.381 e. The van der Waals surface area contributed by atoms with Crippen LogP contribution in [0.3, 0.4) is 0 Å². The zero-order valence-corrected chi connectivity index (χ0v) is 6.85. The third-order valence-electron chi connectivity index (χ3n) is 2.04. The Morgan fingerprint density at radius 3 is 2.60 bits per heavy atom. The maximum atomic E-state index is 9.63. The number of hydrogen-bond donors (Lipinski definition) is 1. The molecule has 1 heteroatoms. The number of aliphatic hydroxyl groups is 1. The first-order chi connectivity index (χ1) is 4.73. The fourth-order valence-corrected chi connectivity index (χ4v) is 1.42. The maximum absolute atomic E-state index is 9.63. The van der Waals surface area contributed by atoms with Crippen LogP contribution in [0.5, 0.6) is 0 Å². The summed E-state index contributed by atoms with van der Waals surface area (Å²) in [4.78, 5) is 0. The fourth-order valence-electron chi connectivity index (χ4n) is 1.42. The van der Waals surface area contributed by atoms with Gasteiger partial charge in [0.2, 0.25) is 0 Å².